The zero-order valence-corrected chi connectivity index (χ0v) is 22.6. The number of nitrogens with zero attached hydrogens (tertiary/aromatic N) is 3. The first-order valence-corrected chi connectivity index (χ1v) is 13.2. The summed E-state index contributed by atoms with van der Waals surface area (Å²) in [6.45, 7) is 3.21. The van der Waals surface area contributed by atoms with Crippen LogP contribution in [0.3, 0.4) is 0 Å². The molecule has 5 nitrogen and oxygen atoms in total. The van der Waals surface area contributed by atoms with Crippen molar-refractivity contribution in [3.63, 3.8) is 0 Å². The van der Waals surface area contributed by atoms with Gasteiger partial charge in [-0.25, -0.2) is 4.98 Å². The van der Waals surface area contributed by atoms with E-state index in [4.69, 9.17) is 4.98 Å². The molecule has 36 heavy (non-hydrogen) atoms. The van der Waals surface area contributed by atoms with Crippen LogP contribution in [0, 0.1) is 12.8 Å². The Morgan fingerprint density at radius 1 is 0.944 bits per heavy atom. The molecule has 1 N–H and O–H groups in total. The van der Waals surface area contributed by atoms with E-state index < -0.39 is 0 Å². The van der Waals surface area contributed by atoms with Gasteiger partial charge < -0.3 is 9.88 Å². The van der Waals surface area contributed by atoms with E-state index in [1.165, 1.54) is 43.2 Å². The summed E-state index contributed by atoms with van der Waals surface area (Å²) in [7, 11) is 0. The Labute approximate surface area is 226 Å². The Morgan fingerprint density at radius 2 is 1.61 bits per heavy atom. The summed E-state index contributed by atoms with van der Waals surface area (Å²) in [5.74, 6) is 1.62. The van der Waals surface area contributed by atoms with Crippen molar-refractivity contribution in [1.82, 2.24) is 19.8 Å². The molecule has 1 unspecified atom stereocenters. The summed E-state index contributed by atoms with van der Waals surface area (Å²) in [4.78, 5) is 20.4. The van der Waals surface area contributed by atoms with Crippen LogP contribution in [-0.2, 0) is 4.79 Å². The van der Waals surface area contributed by atoms with Crippen molar-refractivity contribution in [2.45, 2.75) is 82.5 Å². The van der Waals surface area contributed by atoms with Crippen LogP contribution < -0.4 is 5.32 Å². The van der Waals surface area contributed by atoms with Gasteiger partial charge >= 0.3 is 0 Å². The molecule has 6 rings (SSSR count). The number of fused-ring (bicyclic) bond motifs is 3. The van der Waals surface area contributed by atoms with E-state index in [2.05, 4.69) is 76.3 Å². The number of rotatable bonds is 7. The molecule has 4 atom stereocenters. The molecule has 2 aliphatic heterocycles. The quantitative estimate of drug-likeness (QED) is 0.385. The van der Waals surface area contributed by atoms with Crippen LogP contribution >= 0.6 is 24.8 Å². The summed E-state index contributed by atoms with van der Waals surface area (Å²) in [6.07, 6.45) is 9.24. The largest absolute Gasteiger partial charge is 0.349 e. The lowest BCUT2D eigenvalue weighted by Gasteiger charge is -2.40. The molecule has 2 bridgehead atoms. The molecule has 194 valence electrons. The third kappa shape index (κ3) is 5.16. The summed E-state index contributed by atoms with van der Waals surface area (Å²) >= 11 is 0. The van der Waals surface area contributed by atoms with Crippen LogP contribution in [0.1, 0.15) is 74.8 Å². The summed E-state index contributed by atoms with van der Waals surface area (Å²) < 4.78 is 2.50. The smallest absolute Gasteiger partial charge is 0.223 e. The number of hydrogen-bond acceptors (Lipinski definition) is 3. The highest BCUT2D eigenvalue weighted by atomic mass is 35.5. The first-order chi connectivity index (χ1) is 16.7. The second kappa shape index (κ2) is 11.5. The number of aromatic nitrogens is 2. The molecule has 0 spiro atoms. The van der Waals surface area contributed by atoms with Crippen molar-refractivity contribution in [3.05, 3.63) is 66.0 Å². The fraction of sp³-hybridized carbons (Fsp3) is 0.517. The minimum absolute atomic E-state index is 0. The van der Waals surface area contributed by atoms with Gasteiger partial charge in [0, 0.05) is 30.6 Å². The number of para-hydroxylation sites is 2. The van der Waals surface area contributed by atoms with Gasteiger partial charge in [-0.2, -0.15) is 0 Å². The first kappa shape index (κ1) is 27.0. The molecular weight excluding hydrogens is 491 g/mol. The lowest BCUT2D eigenvalue weighted by Crippen LogP contribution is -2.45. The number of amides is 1. The fourth-order valence-corrected chi connectivity index (χ4v) is 6.69. The Morgan fingerprint density at radius 3 is 2.28 bits per heavy atom. The van der Waals surface area contributed by atoms with Crippen LogP contribution in [-0.4, -0.2) is 39.0 Å². The standard InChI is InChI=1S/C29H36N4O.2ClH/c1-20-30-27-12-5-6-13-28(27)33(20)25-18-23-14-15-24(19-25)32(23)17-16-26(21-8-3-2-4-9-21)31-29(34)22-10-7-11-22;;/h2-6,8-9,12-13,22-26H,7,10-11,14-19H2,1H3,(H,31,34);2*1H/t23-,24+,25-,26?;;. The van der Waals surface area contributed by atoms with Gasteiger partial charge in [0.15, 0.2) is 0 Å². The lowest BCUT2D eigenvalue weighted by atomic mass is 9.84. The molecule has 1 aromatic heterocycles. The zero-order valence-electron chi connectivity index (χ0n) is 21.0. The van der Waals surface area contributed by atoms with Crippen LogP contribution in [0.4, 0.5) is 0 Å². The van der Waals surface area contributed by atoms with Gasteiger partial charge in [0.05, 0.1) is 17.1 Å². The van der Waals surface area contributed by atoms with Gasteiger partial charge in [0.25, 0.3) is 0 Å². The van der Waals surface area contributed by atoms with Crippen LogP contribution in [0.25, 0.3) is 11.0 Å². The summed E-state index contributed by atoms with van der Waals surface area (Å²) in [5, 5.41) is 3.41. The van der Waals surface area contributed by atoms with Gasteiger partial charge in [-0.15, -0.1) is 24.8 Å². The fourth-order valence-electron chi connectivity index (χ4n) is 6.69. The number of carbonyl (C=O) groups is 1. The van der Waals surface area contributed by atoms with E-state index in [1.54, 1.807) is 0 Å². The summed E-state index contributed by atoms with van der Waals surface area (Å²) in [6, 6.07) is 21.0. The highest BCUT2D eigenvalue weighted by Gasteiger charge is 2.42. The molecule has 3 heterocycles. The van der Waals surface area contributed by atoms with Crippen molar-refractivity contribution in [1.29, 1.82) is 0 Å². The second-order valence-electron chi connectivity index (χ2n) is 10.7. The Kier molecular flexibility index (Phi) is 8.64. The Hall–Kier alpha value is -2.08. The molecule has 1 amide bonds. The molecule has 3 aromatic rings. The van der Waals surface area contributed by atoms with Gasteiger partial charge in [0.1, 0.15) is 5.82 Å². The monoisotopic (exact) mass is 528 g/mol. The van der Waals surface area contributed by atoms with Crippen molar-refractivity contribution < 1.29 is 4.79 Å². The minimum Gasteiger partial charge on any atom is -0.349 e. The molecule has 2 saturated heterocycles. The number of hydrogen-bond donors (Lipinski definition) is 1. The predicted molar refractivity (Wildman–Crippen MR) is 150 cm³/mol. The number of carbonyl (C=O) groups excluding carboxylic acids is 1. The van der Waals surface area contributed by atoms with E-state index in [0.29, 0.717) is 18.1 Å². The van der Waals surface area contributed by atoms with Crippen LogP contribution in [0.2, 0.25) is 0 Å². The third-order valence-corrected chi connectivity index (χ3v) is 8.67. The van der Waals surface area contributed by atoms with Crippen molar-refractivity contribution >= 4 is 41.8 Å². The minimum atomic E-state index is 0. The third-order valence-electron chi connectivity index (χ3n) is 8.67. The number of nitrogens with one attached hydrogen (secondary N) is 1. The van der Waals surface area contributed by atoms with Gasteiger partial charge in [-0.05, 0) is 69.6 Å². The van der Waals surface area contributed by atoms with Gasteiger partial charge in [-0.1, -0.05) is 48.9 Å². The van der Waals surface area contributed by atoms with Gasteiger partial charge in [-0.3, -0.25) is 9.69 Å². The van der Waals surface area contributed by atoms with E-state index in [1.807, 2.05) is 0 Å². The Bertz CT molecular complexity index is 1150. The lowest BCUT2D eigenvalue weighted by molar-refractivity contribution is -0.128. The number of imidazole rings is 1. The molecule has 2 aromatic carbocycles. The maximum absolute atomic E-state index is 12.8. The van der Waals surface area contributed by atoms with Crippen LogP contribution in [0.15, 0.2) is 54.6 Å². The second-order valence-corrected chi connectivity index (χ2v) is 10.7. The molecule has 0 radical (unpaired) electrons. The van der Waals surface area contributed by atoms with Crippen molar-refractivity contribution in [3.8, 4) is 0 Å². The van der Waals surface area contributed by atoms with Gasteiger partial charge in [0.2, 0.25) is 5.91 Å². The van der Waals surface area contributed by atoms with Crippen LogP contribution in [0.5, 0.6) is 0 Å². The summed E-state index contributed by atoms with van der Waals surface area (Å²) in [5.41, 5.74) is 3.63. The molecule has 3 fully saturated rings. The maximum atomic E-state index is 12.8. The average molecular weight is 530 g/mol. The molecule has 3 aliphatic rings. The number of halogens is 2. The van der Waals surface area contributed by atoms with E-state index in [0.717, 1.165) is 37.1 Å². The van der Waals surface area contributed by atoms with E-state index >= 15 is 0 Å². The molecule has 1 aliphatic carbocycles. The predicted octanol–water partition coefficient (Wildman–Crippen LogP) is 6.40. The van der Waals surface area contributed by atoms with E-state index in [9.17, 15) is 4.79 Å². The zero-order chi connectivity index (χ0) is 23.1. The Balaban J connectivity index is 0.00000152. The molecular formula is C29H38Cl2N4O. The maximum Gasteiger partial charge on any atom is 0.223 e. The highest BCUT2D eigenvalue weighted by molar-refractivity contribution is 5.85. The average Bonchev–Trinajstić information content (AvgIpc) is 3.26. The van der Waals surface area contributed by atoms with E-state index in [-0.39, 0.29) is 42.7 Å². The SMILES string of the molecule is Cc1nc2ccccc2n1[C@@H]1C[C@H]2CC[C@@H](C1)N2CCC(NC(=O)C1CCC1)c1ccccc1.Cl.Cl. The highest BCUT2D eigenvalue weighted by Crippen LogP contribution is 2.42. The molecule has 7 heteroatoms. The number of aryl methyl sites for hydroxylation is 1. The van der Waals surface area contributed by atoms with Crippen molar-refractivity contribution in [2.75, 3.05) is 6.54 Å². The topological polar surface area (TPSA) is 50.2 Å². The number of piperidine rings is 1. The molecule has 1 saturated carbocycles. The van der Waals surface area contributed by atoms with Crippen molar-refractivity contribution in [2.24, 2.45) is 5.92 Å². The normalized spacial score (nSPS) is 24.4. The first-order valence-electron chi connectivity index (χ1n) is 13.2. The number of benzene rings is 2.